The highest BCUT2D eigenvalue weighted by Crippen LogP contribution is 2.26. The van der Waals surface area contributed by atoms with Gasteiger partial charge in [-0.25, -0.2) is 13.4 Å². The maximum Gasteiger partial charge on any atom is 0.329 e. The highest BCUT2D eigenvalue weighted by Gasteiger charge is 2.26. The van der Waals surface area contributed by atoms with E-state index in [1.54, 1.807) is 4.90 Å². The van der Waals surface area contributed by atoms with Crippen molar-refractivity contribution in [3.63, 3.8) is 0 Å². The fourth-order valence-corrected chi connectivity index (χ4v) is 3.16. The Morgan fingerprint density at radius 3 is 2.79 bits per heavy atom. The molecule has 0 unspecified atom stereocenters. The summed E-state index contributed by atoms with van der Waals surface area (Å²) in [4.78, 5) is 19.3. The SMILES string of the molecule is Nc1ncc([N+](=O)[O-])c(N2CCCS(=O)(=O)CC2)n1. The molecule has 1 aromatic rings. The number of aromatic nitrogens is 2. The van der Waals surface area contributed by atoms with Crippen LogP contribution in [0.15, 0.2) is 6.20 Å². The van der Waals surface area contributed by atoms with E-state index in [1.807, 2.05) is 0 Å². The van der Waals surface area contributed by atoms with E-state index in [0.29, 0.717) is 13.0 Å². The van der Waals surface area contributed by atoms with E-state index in [9.17, 15) is 18.5 Å². The lowest BCUT2D eigenvalue weighted by atomic mass is 10.3. The third-order valence-electron chi connectivity index (χ3n) is 2.82. The van der Waals surface area contributed by atoms with Crippen LogP contribution >= 0.6 is 0 Å². The van der Waals surface area contributed by atoms with Gasteiger partial charge in [-0.05, 0) is 6.42 Å². The number of hydrogen-bond acceptors (Lipinski definition) is 8. The first-order valence-electron chi connectivity index (χ1n) is 5.61. The van der Waals surface area contributed by atoms with Crippen molar-refractivity contribution < 1.29 is 13.3 Å². The van der Waals surface area contributed by atoms with Crippen LogP contribution in [-0.2, 0) is 9.84 Å². The molecule has 0 aliphatic carbocycles. The summed E-state index contributed by atoms with van der Waals surface area (Å²) in [5.41, 5.74) is 5.17. The summed E-state index contributed by atoms with van der Waals surface area (Å²) in [7, 11) is -3.09. The molecule has 10 heteroatoms. The monoisotopic (exact) mass is 287 g/mol. The van der Waals surface area contributed by atoms with Crippen molar-refractivity contribution in [2.75, 3.05) is 35.2 Å². The molecular formula is C9H13N5O4S. The standard InChI is InChI=1S/C9H13N5O4S/c10-9-11-6-7(14(15)16)8(12-9)13-2-1-4-19(17,18)5-3-13/h6H,1-5H2,(H2,10,11,12). The number of anilines is 2. The van der Waals surface area contributed by atoms with Crippen molar-refractivity contribution >= 4 is 27.3 Å². The summed E-state index contributed by atoms with van der Waals surface area (Å²) in [6, 6.07) is 0. The smallest absolute Gasteiger partial charge is 0.329 e. The Morgan fingerprint density at radius 2 is 2.11 bits per heavy atom. The third kappa shape index (κ3) is 3.08. The molecule has 0 atom stereocenters. The minimum absolute atomic E-state index is 0.0476. The zero-order valence-electron chi connectivity index (χ0n) is 10.0. The largest absolute Gasteiger partial charge is 0.368 e. The van der Waals surface area contributed by atoms with Gasteiger partial charge in [-0.1, -0.05) is 0 Å². The van der Waals surface area contributed by atoms with Crippen molar-refractivity contribution in [3.8, 4) is 0 Å². The number of nitrogens with zero attached hydrogens (tertiary/aromatic N) is 4. The van der Waals surface area contributed by atoms with Gasteiger partial charge >= 0.3 is 5.69 Å². The van der Waals surface area contributed by atoms with Crippen LogP contribution < -0.4 is 10.6 Å². The predicted molar refractivity (Wildman–Crippen MR) is 68.6 cm³/mol. The van der Waals surface area contributed by atoms with Crippen molar-refractivity contribution in [2.45, 2.75) is 6.42 Å². The van der Waals surface area contributed by atoms with E-state index in [2.05, 4.69) is 9.97 Å². The van der Waals surface area contributed by atoms with E-state index in [4.69, 9.17) is 5.73 Å². The molecule has 0 radical (unpaired) electrons. The van der Waals surface area contributed by atoms with Gasteiger partial charge in [0, 0.05) is 13.1 Å². The molecule has 2 N–H and O–H groups in total. The lowest BCUT2D eigenvalue weighted by Gasteiger charge is -2.20. The second kappa shape index (κ2) is 4.96. The molecular weight excluding hydrogens is 274 g/mol. The number of nitrogen functional groups attached to an aromatic ring is 1. The maximum absolute atomic E-state index is 11.5. The van der Waals surface area contributed by atoms with Crippen LogP contribution in [-0.4, -0.2) is 47.9 Å². The highest BCUT2D eigenvalue weighted by molar-refractivity contribution is 7.91. The molecule has 9 nitrogen and oxygen atoms in total. The van der Waals surface area contributed by atoms with Crippen molar-refractivity contribution in [1.82, 2.24) is 9.97 Å². The second-order valence-corrected chi connectivity index (χ2v) is 6.49. The van der Waals surface area contributed by atoms with Crippen LogP contribution in [0.25, 0.3) is 0 Å². The quantitative estimate of drug-likeness (QED) is 0.573. The molecule has 2 heterocycles. The van der Waals surface area contributed by atoms with Gasteiger partial charge in [0.2, 0.25) is 11.8 Å². The van der Waals surface area contributed by atoms with Crippen LogP contribution in [0.5, 0.6) is 0 Å². The van der Waals surface area contributed by atoms with Crippen LogP contribution in [0.2, 0.25) is 0 Å². The first kappa shape index (κ1) is 13.5. The molecule has 0 spiro atoms. The summed E-state index contributed by atoms with van der Waals surface area (Å²) in [5, 5.41) is 10.9. The van der Waals surface area contributed by atoms with Gasteiger partial charge in [-0.15, -0.1) is 0 Å². The zero-order valence-corrected chi connectivity index (χ0v) is 10.8. The van der Waals surface area contributed by atoms with Gasteiger partial charge in [0.15, 0.2) is 9.84 Å². The van der Waals surface area contributed by atoms with Gasteiger partial charge in [0.05, 0.1) is 16.4 Å². The molecule has 0 bridgehead atoms. The Labute approximate surface area is 109 Å². The summed E-state index contributed by atoms with van der Waals surface area (Å²) < 4.78 is 23.0. The fourth-order valence-electron chi connectivity index (χ4n) is 1.89. The average Bonchev–Trinajstić information content (AvgIpc) is 2.49. The summed E-state index contributed by atoms with van der Waals surface area (Å²) in [5.74, 6) is 0.0358. The lowest BCUT2D eigenvalue weighted by Crippen LogP contribution is -2.28. The molecule has 0 aromatic carbocycles. The molecule has 19 heavy (non-hydrogen) atoms. The average molecular weight is 287 g/mol. The van der Waals surface area contributed by atoms with E-state index >= 15 is 0 Å². The third-order valence-corrected chi connectivity index (χ3v) is 4.54. The van der Waals surface area contributed by atoms with Gasteiger partial charge < -0.3 is 10.6 Å². The van der Waals surface area contributed by atoms with Crippen molar-refractivity contribution in [1.29, 1.82) is 0 Å². The topological polar surface area (TPSA) is 132 Å². The van der Waals surface area contributed by atoms with E-state index in [1.165, 1.54) is 0 Å². The minimum atomic E-state index is -3.09. The second-order valence-electron chi connectivity index (χ2n) is 4.19. The van der Waals surface area contributed by atoms with Crippen molar-refractivity contribution in [3.05, 3.63) is 16.3 Å². The van der Waals surface area contributed by atoms with Gasteiger partial charge in [-0.3, -0.25) is 10.1 Å². The fraction of sp³-hybridized carbons (Fsp3) is 0.556. The van der Waals surface area contributed by atoms with Gasteiger partial charge in [-0.2, -0.15) is 4.98 Å². The number of rotatable bonds is 2. The van der Waals surface area contributed by atoms with Gasteiger partial charge in [0.1, 0.15) is 6.20 Å². The summed E-state index contributed by atoms with van der Waals surface area (Å²) in [6.45, 7) is 0.552. The first-order chi connectivity index (χ1) is 8.89. The Kier molecular flexibility index (Phi) is 3.51. The maximum atomic E-state index is 11.5. The molecule has 2 rings (SSSR count). The Hall–Kier alpha value is -1.97. The number of hydrogen-bond donors (Lipinski definition) is 1. The molecule has 1 fully saturated rings. The van der Waals surface area contributed by atoms with Crippen LogP contribution in [0, 0.1) is 10.1 Å². The first-order valence-corrected chi connectivity index (χ1v) is 7.43. The zero-order chi connectivity index (χ0) is 14.0. The Bertz CT molecular complexity index is 603. The molecule has 0 saturated carbocycles. The van der Waals surface area contributed by atoms with Crippen LogP contribution in [0.1, 0.15) is 6.42 Å². The molecule has 104 valence electrons. The molecule has 1 aliphatic heterocycles. The molecule has 1 aliphatic rings. The predicted octanol–water partition coefficient (Wildman–Crippen LogP) is -0.408. The molecule has 1 aromatic heterocycles. The number of nitrogens with two attached hydrogens (primary N) is 1. The Morgan fingerprint density at radius 1 is 1.37 bits per heavy atom. The van der Waals surface area contributed by atoms with E-state index in [0.717, 1.165) is 6.20 Å². The lowest BCUT2D eigenvalue weighted by molar-refractivity contribution is -0.384. The Balaban J connectivity index is 2.35. The van der Waals surface area contributed by atoms with Gasteiger partial charge in [0.25, 0.3) is 0 Å². The summed E-state index contributed by atoms with van der Waals surface area (Å²) in [6.07, 6.45) is 1.44. The van der Waals surface area contributed by atoms with Crippen LogP contribution in [0.4, 0.5) is 17.5 Å². The van der Waals surface area contributed by atoms with Crippen LogP contribution in [0.3, 0.4) is 0 Å². The molecule has 0 amide bonds. The number of nitro groups is 1. The minimum Gasteiger partial charge on any atom is -0.368 e. The molecule has 1 saturated heterocycles. The number of sulfone groups is 1. The normalized spacial score (nSPS) is 18.8. The van der Waals surface area contributed by atoms with E-state index < -0.39 is 14.8 Å². The van der Waals surface area contributed by atoms with Crippen molar-refractivity contribution in [2.24, 2.45) is 0 Å². The highest BCUT2D eigenvalue weighted by atomic mass is 32.2. The summed E-state index contributed by atoms with van der Waals surface area (Å²) >= 11 is 0. The van der Waals surface area contributed by atoms with E-state index in [-0.39, 0.29) is 35.5 Å².